The highest BCUT2D eigenvalue weighted by Crippen LogP contribution is 2.22. The van der Waals surface area contributed by atoms with Crippen LogP contribution in [0, 0.1) is 0 Å². The fourth-order valence-corrected chi connectivity index (χ4v) is 2.03. The summed E-state index contributed by atoms with van der Waals surface area (Å²) in [6.45, 7) is 6.54. The van der Waals surface area contributed by atoms with Gasteiger partial charge in [0.2, 0.25) is 0 Å². The Kier molecular flexibility index (Phi) is 3.83. The topological polar surface area (TPSA) is 21.3 Å². The molecule has 0 aliphatic carbocycles. The molecule has 1 saturated heterocycles. The Morgan fingerprint density at radius 3 is 2.69 bits per heavy atom. The van der Waals surface area contributed by atoms with Gasteiger partial charge in [-0.25, -0.2) is 0 Å². The van der Waals surface area contributed by atoms with E-state index in [1.807, 2.05) is 0 Å². The Balaban J connectivity index is 1.96. The molecule has 0 bridgehead atoms. The van der Waals surface area contributed by atoms with Crippen molar-refractivity contribution in [3.8, 4) is 5.75 Å². The zero-order valence-electron chi connectivity index (χ0n) is 10.2. The molecule has 0 aromatic heterocycles. The van der Waals surface area contributed by atoms with Gasteiger partial charge < -0.3 is 10.1 Å². The van der Waals surface area contributed by atoms with E-state index in [0.29, 0.717) is 12.0 Å². The van der Waals surface area contributed by atoms with Crippen LogP contribution in [-0.2, 0) is 0 Å². The van der Waals surface area contributed by atoms with Crippen LogP contribution < -0.4 is 10.1 Å². The van der Waals surface area contributed by atoms with Gasteiger partial charge in [-0.2, -0.15) is 0 Å². The van der Waals surface area contributed by atoms with E-state index in [0.717, 1.165) is 25.3 Å². The molecule has 1 aromatic carbocycles. The van der Waals surface area contributed by atoms with Gasteiger partial charge in [-0.3, -0.25) is 0 Å². The zero-order chi connectivity index (χ0) is 11.4. The molecule has 2 heteroatoms. The number of ether oxygens (including phenoxy) is 1. The minimum absolute atomic E-state index is 0.356. The summed E-state index contributed by atoms with van der Waals surface area (Å²) in [5.41, 5.74) is 1.40. The minimum atomic E-state index is 0.356. The Morgan fingerprint density at radius 2 is 2.12 bits per heavy atom. The molecule has 1 heterocycles. The molecule has 88 valence electrons. The third-order valence-electron chi connectivity index (χ3n) is 3.38. The lowest BCUT2D eigenvalue weighted by molar-refractivity contribution is 0.223. The summed E-state index contributed by atoms with van der Waals surface area (Å²) in [6.07, 6.45) is 2.66. The van der Waals surface area contributed by atoms with Gasteiger partial charge in [0.05, 0.1) is 0 Å². The first-order chi connectivity index (χ1) is 7.79. The highest BCUT2D eigenvalue weighted by Gasteiger charge is 2.15. The van der Waals surface area contributed by atoms with Gasteiger partial charge in [0.15, 0.2) is 0 Å². The van der Waals surface area contributed by atoms with Gasteiger partial charge in [-0.1, -0.05) is 26.0 Å². The van der Waals surface area contributed by atoms with Gasteiger partial charge in [0.1, 0.15) is 11.9 Å². The summed E-state index contributed by atoms with van der Waals surface area (Å²) >= 11 is 0. The second-order valence-electron chi connectivity index (χ2n) is 4.61. The third-order valence-corrected chi connectivity index (χ3v) is 3.38. The standard InChI is InChI=1S/C14H21NO/c1-3-11(2)12-4-6-13(7-5-12)16-14-8-9-15-10-14/h4-7,11,14-15H,3,8-10H2,1-2H3/t11?,14-/m1/s1. The van der Waals surface area contributed by atoms with Crippen LogP contribution in [0.1, 0.15) is 38.2 Å². The molecule has 0 spiro atoms. The molecule has 1 unspecified atom stereocenters. The second kappa shape index (κ2) is 5.35. The van der Waals surface area contributed by atoms with Crippen molar-refractivity contribution >= 4 is 0 Å². The van der Waals surface area contributed by atoms with Crippen LogP contribution in [0.2, 0.25) is 0 Å². The normalized spacial score (nSPS) is 22.0. The van der Waals surface area contributed by atoms with Gasteiger partial charge in [0.25, 0.3) is 0 Å². The van der Waals surface area contributed by atoms with E-state index < -0.39 is 0 Å². The lowest BCUT2D eigenvalue weighted by Gasteiger charge is -2.14. The van der Waals surface area contributed by atoms with E-state index in [-0.39, 0.29) is 0 Å². The van der Waals surface area contributed by atoms with Crippen LogP contribution in [0.25, 0.3) is 0 Å². The minimum Gasteiger partial charge on any atom is -0.489 e. The molecule has 1 aliphatic heterocycles. The van der Waals surface area contributed by atoms with Crippen molar-refractivity contribution in [1.82, 2.24) is 5.32 Å². The number of hydrogen-bond donors (Lipinski definition) is 1. The largest absolute Gasteiger partial charge is 0.489 e. The smallest absolute Gasteiger partial charge is 0.119 e. The van der Waals surface area contributed by atoms with Crippen LogP contribution >= 0.6 is 0 Å². The molecule has 1 aliphatic rings. The van der Waals surface area contributed by atoms with Crippen molar-refractivity contribution in [3.05, 3.63) is 29.8 Å². The number of hydrogen-bond acceptors (Lipinski definition) is 2. The highest BCUT2D eigenvalue weighted by atomic mass is 16.5. The summed E-state index contributed by atoms with van der Waals surface area (Å²) in [7, 11) is 0. The monoisotopic (exact) mass is 219 g/mol. The van der Waals surface area contributed by atoms with Crippen molar-refractivity contribution in [1.29, 1.82) is 0 Å². The molecule has 2 atom stereocenters. The van der Waals surface area contributed by atoms with E-state index in [9.17, 15) is 0 Å². The highest BCUT2D eigenvalue weighted by molar-refractivity contribution is 5.29. The van der Waals surface area contributed by atoms with Gasteiger partial charge in [-0.15, -0.1) is 0 Å². The summed E-state index contributed by atoms with van der Waals surface area (Å²) < 4.78 is 5.88. The average molecular weight is 219 g/mol. The molecule has 1 aromatic rings. The van der Waals surface area contributed by atoms with E-state index in [2.05, 4.69) is 43.4 Å². The maximum absolute atomic E-state index is 5.88. The first-order valence-corrected chi connectivity index (χ1v) is 6.27. The SMILES string of the molecule is CCC(C)c1ccc(O[C@@H]2CCNC2)cc1. The molecule has 16 heavy (non-hydrogen) atoms. The second-order valence-corrected chi connectivity index (χ2v) is 4.61. The molecule has 1 fully saturated rings. The Labute approximate surface area is 98.0 Å². The fourth-order valence-electron chi connectivity index (χ4n) is 2.03. The van der Waals surface area contributed by atoms with Gasteiger partial charge in [0, 0.05) is 6.54 Å². The number of nitrogens with one attached hydrogen (secondary N) is 1. The first kappa shape index (κ1) is 11.5. The quantitative estimate of drug-likeness (QED) is 0.840. The predicted octanol–water partition coefficient (Wildman–Crippen LogP) is 2.94. The van der Waals surface area contributed by atoms with Crippen molar-refractivity contribution in [2.75, 3.05) is 13.1 Å². The van der Waals surface area contributed by atoms with Crippen molar-refractivity contribution in [2.45, 2.75) is 38.7 Å². The summed E-state index contributed by atoms with van der Waals surface area (Å²) in [6, 6.07) is 8.57. The van der Waals surface area contributed by atoms with Gasteiger partial charge in [-0.05, 0) is 43.0 Å². The molecule has 0 amide bonds. The third kappa shape index (κ3) is 2.76. The molecule has 0 saturated carbocycles. The maximum Gasteiger partial charge on any atom is 0.119 e. The van der Waals surface area contributed by atoms with Gasteiger partial charge >= 0.3 is 0 Å². The van der Waals surface area contributed by atoms with E-state index in [1.54, 1.807) is 0 Å². The van der Waals surface area contributed by atoms with E-state index in [1.165, 1.54) is 12.0 Å². The first-order valence-electron chi connectivity index (χ1n) is 6.27. The van der Waals surface area contributed by atoms with E-state index in [4.69, 9.17) is 4.74 Å². The zero-order valence-corrected chi connectivity index (χ0v) is 10.2. The number of benzene rings is 1. The summed E-state index contributed by atoms with van der Waals surface area (Å²) in [5, 5.41) is 3.31. The fraction of sp³-hybridized carbons (Fsp3) is 0.571. The Hall–Kier alpha value is -1.02. The van der Waals surface area contributed by atoms with Crippen LogP contribution in [-0.4, -0.2) is 19.2 Å². The van der Waals surface area contributed by atoms with Crippen molar-refractivity contribution in [3.63, 3.8) is 0 Å². The average Bonchev–Trinajstić information content (AvgIpc) is 2.82. The van der Waals surface area contributed by atoms with Crippen molar-refractivity contribution in [2.24, 2.45) is 0 Å². The van der Waals surface area contributed by atoms with Crippen molar-refractivity contribution < 1.29 is 4.74 Å². The molecular formula is C14H21NO. The van der Waals surface area contributed by atoms with E-state index >= 15 is 0 Å². The molecule has 2 nitrogen and oxygen atoms in total. The number of rotatable bonds is 4. The molecule has 2 rings (SSSR count). The Bertz CT molecular complexity index is 314. The maximum atomic E-state index is 5.88. The summed E-state index contributed by atoms with van der Waals surface area (Å²) in [5.74, 6) is 1.64. The van der Waals surface area contributed by atoms with Crippen LogP contribution in [0.15, 0.2) is 24.3 Å². The molecular weight excluding hydrogens is 198 g/mol. The van der Waals surface area contributed by atoms with Crippen LogP contribution in [0.4, 0.5) is 0 Å². The summed E-state index contributed by atoms with van der Waals surface area (Å²) in [4.78, 5) is 0. The molecule has 1 N–H and O–H groups in total. The Morgan fingerprint density at radius 1 is 1.38 bits per heavy atom. The van der Waals surface area contributed by atoms with Crippen LogP contribution in [0.3, 0.4) is 0 Å². The lowest BCUT2D eigenvalue weighted by atomic mass is 9.99. The lowest BCUT2D eigenvalue weighted by Crippen LogP contribution is -2.19. The van der Waals surface area contributed by atoms with Crippen LogP contribution in [0.5, 0.6) is 5.75 Å². The molecule has 0 radical (unpaired) electrons. The predicted molar refractivity (Wildman–Crippen MR) is 67.1 cm³/mol.